The molecule has 0 aromatic heterocycles. The van der Waals surface area contributed by atoms with E-state index in [1.807, 2.05) is 0 Å². The van der Waals surface area contributed by atoms with Crippen molar-refractivity contribution in [2.75, 3.05) is 33.2 Å². The summed E-state index contributed by atoms with van der Waals surface area (Å²) in [6.45, 7) is 12.1. The maximum Gasteiger partial charge on any atom is 0.306 e. The van der Waals surface area contributed by atoms with Crippen LogP contribution in [0.2, 0.25) is 0 Å². The first kappa shape index (κ1) is 28.5. The number of nitrogens with zero attached hydrogens (tertiary/aromatic N) is 2. The van der Waals surface area contributed by atoms with E-state index in [1.165, 1.54) is 103 Å². The first-order valence-electron chi connectivity index (χ1n) is 17.2. The molecule has 222 valence electrons. The summed E-state index contributed by atoms with van der Waals surface area (Å²) in [6, 6.07) is 0.815. The number of carbonyl (C=O) groups excluding carboxylic acids is 1. The molecule has 4 aliphatic carbocycles. The average molecular weight is 544 g/mol. The van der Waals surface area contributed by atoms with E-state index in [9.17, 15) is 9.90 Å². The number of likely N-dealkylation sites (tertiary alicyclic amines) is 2. The third-order valence-electron chi connectivity index (χ3n) is 13.8. The third kappa shape index (κ3) is 4.83. The van der Waals surface area contributed by atoms with Crippen LogP contribution in [0.5, 0.6) is 0 Å². The van der Waals surface area contributed by atoms with E-state index in [0.29, 0.717) is 35.8 Å². The Morgan fingerprint density at radius 2 is 1.67 bits per heavy atom. The van der Waals surface area contributed by atoms with Crippen molar-refractivity contribution >= 4 is 5.97 Å². The molecule has 2 saturated heterocycles. The second kappa shape index (κ2) is 10.9. The molecule has 4 saturated carbocycles. The number of aliphatic hydroxyl groups excluding tert-OH is 1. The predicted molar refractivity (Wildman–Crippen MR) is 156 cm³/mol. The van der Waals surface area contributed by atoms with E-state index < -0.39 is 0 Å². The summed E-state index contributed by atoms with van der Waals surface area (Å²) in [5, 5.41) is 11.3. The van der Waals surface area contributed by atoms with Crippen LogP contribution in [-0.4, -0.2) is 78.0 Å². The highest BCUT2D eigenvalue weighted by molar-refractivity contribution is 5.69. The number of aliphatic hydroxyl groups is 1. The minimum atomic E-state index is -0.145. The molecule has 10 atom stereocenters. The fourth-order valence-corrected chi connectivity index (χ4v) is 11.6. The summed E-state index contributed by atoms with van der Waals surface area (Å²) in [4.78, 5) is 15.7. The van der Waals surface area contributed by atoms with Crippen molar-refractivity contribution in [3.63, 3.8) is 0 Å². The molecule has 5 unspecified atom stereocenters. The first-order valence-corrected chi connectivity index (χ1v) is 17.2. The lowest BCUT2D eigenvalue weighted by molar-refractivity contribution is -0.940. The summed E-state index contributed by atoms with van der Waals surface area (Å²) >= 11 is 0. The highest BCUT2D eigenvalue weighted by atomic mass is 16.5. The summed E-state index contributed by atoms with van der Waals surface area (Å²) < 4.78 is 7.70. The highest BCUT2D eigenvalue weighted by Gasteiger charge is 2.67. The van der Waals surface area contributed by atoms with Gasteiger partial charge in [-0.05, 0) is 119 Å². The highest BCUT2D eigenvalue weighted by Crippen LogP contribution is 2.67. The largest absolute Gasteiger partial charge is 0.455 e. The van der Waals surface area contributed by atoms with Crippen molar-refractivity contribution in [1.82, 2.24) is 4.90 Å². The van der Waals surface area contributed by atoms with Gasteiger partial charge in [0, 0.05) is 24.3 Å². The summed E-state index contributed by atoms with van der Waals surface area (Å²) in [7, 11) is 2.49. The Labute approximate surface area is 239 Å². The number of rotatable bonds is 5. The lowest BCUT2D eigenvalue weighted by Gasteiger charge is -2.62. The lowest BCUT2D eigenvalue weighted by Crippen LogP contribution is -2.61. The van der Waals surface area contributed by atoms with Gasteiger partial charge in [0.1, 0.15) is 6.04 Å². The fourth-order valence-electron chi connectivity index (χ4n) is 11.6. The summed E-state index contributed by atoms with van der Waals surface area (Å²) in [6.07, 6.45) is 17.8. The van der Waals surface area contributed by atoms with Crippen LogP contribution in [0, 0.1) is 34.5 Å². The monoisotopic (exact) mass is 543 g/mol. The number of hydrogen-bond acceptors (Lipinski definition) is 4. The van der Waals surface area contributed by atoms with Gasteiger partial charge in [-0.2, -0.15) is 0 Å². The maximum absolute atomic E-state index is 13.0. The smallest absolute Gasteiger partial charge is 0.306 e. The number of quaternary nitrogens is 1. The molecule has 5 nitrogen and oxygen atoms in total. The van der Waals surface area contributed by atoms with E-state index in [4.69, 9.17) is 4.74 Å². The number of piperidine rings is 2. The third-order valence-corrected chi connectivity index (χ3v) is 13.8. The van der Waals surface area contributed by atoms with Crippen molar-refractivity contribution in [1.29, 1.82) is 0 Å². The number of likely N-dealkylation sites (N-methyl/N-ethyl adjacent to an activating group) is 1. The number of carbonyl (C=O) groups is 1. The van der Waals surface area contributed by atoms with Crippen molar-refractivity contribution in [3.05, 3.63) is 0 Å². The molecule has 6 rings (SSSR count). The van der Waals surface area contributed by atoms with E-state index in [2.05, 4.69) is 32.7 Å². The number of fused-ring (bicyclic) bond motifs is 5. The quantitative estimate of drug-likeness (QED) is 0.333. The number of ether oxygens (including phenoxy) is 1. The molecule has 6 aliphatic rings. The Hall–Kier alpha value is -0.650. The number of hydrogen-bond donors (Lipinski definition) is 1. The summed E-state index contributed by atoms with van der Waals surface area (Å²) in [5.74, 6) is 2.88. The summed E-state index contributed by atoms with van der Waals surface area (Å²) in [5.41, 5.74) is 0.444. The molecule has 2 heterocycles. The van der Waals surface area contributed by atoms with Gasteiger partial charge in [0.25, 0.3) is 0 Å². The van der Waals surface area contributed by atoms with E-state index in [1.54, 1.807) is 0 Å². The van der Waals surface area contributed by atoms with Gasteiger partial charge >= 0.3 is 5.97 Å². The second-order valence-electron chi connectivity index (χ2n) is 15.8. The van der Waals surface area contributed by atoms with Crippen LogP contribution in [0.1, 0.15) is 117 Å². The van der Waals surface area contributed by atoms with Crippen molar-refractivity contribution < 1.29 is 19.1 Å². The SMILES string of the molecule is CCCC(=O)O[C@H]1C([N+]2(C)CCCCC2)CC2C3CC[C@H]4C[C@H](O)C(N5CCCCC5)C[C@]4(C)C3CC[C@@]21C. The first-order chi connectivity index (χ1) is 18.7. The van der Waals surface area contributed by atoms with Gasteiger partial charge in [0.15, 0.2) is 6.10 Å². The lowest BCUT2D eigenvalue weighted by atomic mass is 9.44. The zero-order chi connectivity index (χ0) is 27.4. The predicted octanol–water partition coefficient (Wildman–Crippen LogP) is 6.18. The normalized spacial score (nSPS) is 48.0. The second-order valence-corrected chi connectivity index (χ2v) is 15.8. The van der Waals surface area contributed by atoms with Gasteiger partial charge in [0.05, 0.1) is 26.2 Å². The minimum Gasteiger partial charge on any atom is -0.455 e. The Kier molecular flexibility index (Phi) is 7.94. The fraction of sp³-hybridized carbons (Fsp3) is 0.971. The van der Waals surface area contributed by atoms with E-state index >= 15 is 0 Å². The molecule has 0 bridgehead atoms. The average Bonchev–Trinajstić information content (AvgIpc) is 3.22. The van der Waals surface area contributed by atoms with Gasteiger partial charge in [0.2, 0.25) is 0 Å². The molecule has 5 heteroatoms. The Morgan fingerprint density at radius 1 is 0.949 bits per heavy atom. The standard InChI is InChI=1S/C34H59N2O3/c1-5-12-31(38)39-32-29(36(4)19-10-7-11-20-36)22-27-25-14-13-24-21-30(37)28(35-17-8-6-9-18-35)23-34(24,3)26(25)15-16-33(27,32)2/h24-30,32,37H,5-23H2,1-4H3/q+1/t24-,25?,26?,27?,28?,29?,30-,32-,33-,34-/m0/s1. The van der Waals surface area contributed by atoms with Crippen LogP contribution in [0.3, 0.4) is 0 Å². The van der Waals surface area contributed by atoms with Gasteiger partial charge in [-0.15, -0.1) is 0 Å². The van der Waals surface area contributed by atoms with Crippen molar-refractivity contribution in [2.24, 2.45) is 34.5 Å². The molecule has 0 radical (unpaired) electrons. The maximum atomic E-state index is 13.0. The molecule has 0 amide bonds. The molecule has 39 heavy (non-hydrogen) atoms. The Morgan fingerprint density at radius 3 is 2.38 bits per heavy atom. The van der Waals surface area contributed by atoms with Crippen LogP contribution in [0.4, 0.5) is 0 Å². The van der Waals surface area contributed by atoms with Crippen LogP contribution in [-0.2, 0) is 9.53 Å². The molecule has 1 N–H and O–H groups in total. The molecular weight excluding hydrogens is 484 g/mol. The number of esters is 1. The molecule has 6 fully saturated rings. The molecule has 0 spiro atoms. The molecule has 0 aromatic carbocycles. The Balaban J connectivity index is 1.28. The van der Waals surface area contributed by atoms with Gasteiger partial charge < -0.3 is 14.3 Å². The zero-order valence-corrected chi connectivity index (χ0v) is 25.7. The molecule has 0 aromatic rings. The van der Waals surface area contributed by atoms with Crippen molar-refractivity contribution in [2.45, 2.75) is 141 Å². The van der Waals surface area contributed by atoms with Gasteiger partial charge in [-0.3, -0.25) is 9.69 Å². The van der Waals surface area contributed by atoms with Crippen LogP contribution in [0.15, 0.2) is 0 Å². The minimum absolute atomic E-state index is 0.0430. The van der Waals surface area contributed by atoms with Gasteiger partial charge in [-0.25, -0.2) is 0 Å². The van der Waals surface area contributed by atoms with Crippen LogP contribution < -0.4 is 0 Å². The van der Waals surface area contributed by atoms with E-state index in [-0.39, 0.29) is 23.6 Å². The van der Waals surface area contributed by atoms with Crippen molar-refractivity contribution in [3.8, 4) is 0 Å². The zero-order valence-electron chi connectivity index (χ0n) is 25.7. The van der Waals surface area contributed by atoms with E-state index in [0.717, 1.165) is 29.2 Å². The van der Waals surface area contributed by atoms with Gasteiger partial charge in [-0.1, -0.05) is 27.2 Å². The Bertz CT molecular complexity index is 882. The van der Waals surface area contributed by atoms with Crippen LogP contribution in [0.25, 0.3) is 0 Å². The van der Waals surface area contributed by atoms with Crippen LogP contribution >= 0.6 is 0 Å². The molecular formula is C34H59N2O3+. The topological polar surface area (TPSA) is 49.8 Å². The molecule has 2 aliphatic heterocycles.